The second-order valence-electron chi connectivity index (χ2n) is 7.33. The Labute approximate surface area is 180 Å². The molecule has 1 fully saturated rings. The maximum Gasteiger partial charge on any atom is 0.488 e. The average Bonchev–Trinajstić information content (AvgIpc) is 3.54. The molecule has 1 aromatic heterocycles. The Hall–Kier alpha value is -3.38. The van der Waals surface area contributed by atoms with Gasteiger partial charge in [0.05, 0.1) is 17.4 Å². The molecule has 1 aliphatic rings. The fourth-order valence-corrected chi connectivity index (χ4v) is 3.18. The number of halogens is 3. The van der Waals surface area contributed by atoms with Gasteiger partial charge in [-0.05, 0) is 42.1 Å². The molecule has 0 amide bonds. The summed E-state index contributed by atoms with van der Waals surface area (Å²) in [5, 5.41) is 34.4. The highest BCUT2D eigenvalue weighted by Crippen LogP contribution is 2.57. The number of nitrogens with two attached hydrogens (primary N) is 1. The monoisotopic (exact) mass is 449 g/mol. The van der Waals surface area contributed by atoms with Crippen LogP contribution in [-0.2, 0) is 4.79 Å². The van der Waals surface area contributed by atoms with Gasteiger partial charge >= 0.3 is 13.3 Å². The number of carbonyl (C=O) groups is 1. The van der Waals surface area contributed by atoms with Gasteiger partial charge in [0.15, 0.2) is 0 Å². The number of ether oxygens (including phenoxy) is 1. The zero-order valence-corrected chi connectivity index (χ0v) is 16.6. The summed E-state index contributed by atoms with van der Waals surface area (Å²) in [6.45, 7) is -0.745. The largest absolute Gasteiger partial charge is 0.492 e. The molecule has 32 heavy (non-hydrogen) atoms. The van der Waals surface area contributed by atoms with E-state index in [1.807, 2.05) is 0 Å². The molecule has 0 saturated heterocycles. The number of benzene rings is 2. The van der Waals surface area contributed by atoms with Crippen LogP contribution in [0.4, 0.5) is 18.9 Å². The van der Waals surface area contributed by atoms with Crippen LogP contribution >= 0.6 is 0 Å². The van der Waals surface area contributed by atoms with E-state index in [2.05, 4.69) is 10.2 Å². The summed E-state index contributed by atoms with van der Waals surface area (Å²) in [6.07, 6.45) is -2.84. The minimum atomic E-state index is -4.33. The Bertz CT molecular complexity index is 1120. The highest BCUT2D eigenvalue weighted by Gasteiger charge is 2.63. The van der Waals surface area contributed by atoms with E-state index in [4.69, 9.17) is 20.4 Å². The summed E-state index contributed by atoms with van der Waals surface area (Å²) in [6, 6.07) is 9.41. The van der Waals surface area contributed by atoms with Crippen molar-refractivity contribution in [3.05, 3.63) is 42.6 Å². The zero-order chi connectivity index (χ0) is 23.5. The van der Waals surface area contributed by atoms with Gasteiger partial charge in [-0.15, -0.1) is 0 Å². The number of aromatic nitrogens is 2. The van der Waals surface area contributed by atoms with E-state index >= 15 is 0 Å². The molecule has 0 aliphatic heterocycles. The topological polar surface area (TPSA) is 139 Å². The van der Waals surface area contributed by atoms with E-state index in [0.717, 1.165) is 0 Å². The quantitative estimate of drug-likeness (QED) is 0.343. The molecule has 0 bridgehead atoms. The minimum absolute atomic E-state index is 0.0319. The first kappa shape index (κ1) is 23.3. The molecule has 8 nitrogen and oxygen atoms in total. The summed E-state index contributed by atoms with van der Waals surface area (Å²) >= 11 is 0. The van der Waals surface area contributed by atoms with Crippen LogP contribution in [0, 0.1) is 5.41 Å². The van der Waals surface area contributed by atoms with Crippen LogP contribution in [0.2, 0.25) is 0 Å². The third kappa shape index (κ3) is 4.76. The summed E-state index contributed by atoms with van der Waals surface area (Å²) in [4.78, 5) is 8.36. The number of hydrogen-bond donors (Lipinski definition) is 4. The molecule has 12 heteroatoms. The molecule has 2 aromatic carbocycles. The van der Waals surface area contributed by atoms with Gasteiger partial charge in [0.25, 0.3) is 6.47 Å². The van der Waals surface area contributed by atoms with Gasteiger partial charge in [-0.2, -0.15) is 23.4 Å². The van der Waals surface area contributed by atoms with Crippen LogP contribution in [0.15, 0.2) is 42.6 Å². The fourth-order valence-electron chi connectivity index (χ4n) is 3.18. The lowest BCUT2D eigenvalue weighted by Gasteiger charge is -2.21. The van der Waals surface area contributed by atoms with E-state index in [1.165, 1.54) is 24.4 Å². The molecule has 168 valence electrons. The summed E-state index contributed by atoms with van der Waals surface area (Å²) in [5.41, 5.74) is 6.18. The van der Waals surface area contributed by atoms with E-state index < -0.39 is 25.3 Å². The second kappa shape index (κ2) is 9.01. The normalized spacial score (nSPS) is 14.3. The Balaban J connectivity index is 0.000000913. The molecule has 3 aromatic rings. The van der Waals surface area contributed by atoms with Crippen molar-refractivity contribution in [1.29, 1.82) is 0 Å². The zero-order valence-electron chi connectivity index (χ0n) is 16.6. The molecule has 0 atom stereocenters. The van der Waals surface area contributed by atoms with Crippen LogP contribution < -0.4 is 15.9 Å². The number of carboxylic acid groups (broad SMARTS) is 1. The van der Waals surface area contributed by atoms with Gasteiger partial charge in [0, 0.05) is 10.9 Å². The van der Waals surface area contributed by atoms with Crippen molar-refractivity contribution < 1.29 is 37.9 Å². The predicted molar refractivity (Wildman–Crippen MR) is 111 cm³/mol. The SMILES string of the molecule is Nc1cnnc2cc(-c3cc(B(O)O)ccc3OCC3(C(F)(F)F)CC3)ccc12.O=CO. The third-order valence-electron chi connectivity index (χ3n) is 5.24. The third-order valence-corrected chi connectivity index (χ3v) is 5.24. The van der Waals surface area contributed by atoms with Gasteiger partial charge in [-0.3, -0.25) is 4.79 Å². The molecule has 0 unspecified atom stereocenters. The van der Waals surface area contributed by atoms with E-state index in [1.54, 1.807) is 18.2 Å². The maximum absolute atomic E-state index is 13.2. The van der Waals surface area contributed by atoms with Crippen molar-refractivity contribution in [3.63, 3.8) is 0 Å². The van der Waals surface area contributed by atoms with Crippen LogP contribution in [0.1, 0.15) is 12.8 Å². The lowest BCUT2D eigenvalue weighted by Crippen LogP contribution is -2.31. The molecular formula is C20H19BF3N3O5. The highest BCUT2D eigenvalue weighted by atomic mass is 19.4. The lowest BCUT2D eigenvalue weighted by molar-refractivity contribution is -0.194. The number of fused-ring (bicyclic) bond motifs is 1. The lowest BCUT2D eigenvalue weighted by atomic mass is 9.79. The molecule has 0 spiro atoms. The number of nitrogens with zero attached hydrogens (tertiary/aromatic N) is 2. The molecule has 5 N–H and O–H groups in total. The Morgan fingerprint density at radius 2 is 1.88 bits per heavy atom. The number of hydrogen-bond acceptors (Lipinski definition) is 7. The standard InChI is InChI=1S/C19H17BF3N3O3.CH2O2/c21-19(22,23)18(5-6-18)10-29-17-4-2-12(20(27)28)8-14(17)11-1-3-13-15(24)9-25-26-16(13)7-11;2-1-3/h1-4,7-9,27-28H,5-6,10H2,(H2,24,26);1H,(H,2,3). The van der Waals surface area contributed by atoms with E-state index in [0.29, 0.717) is 27.7 Å². The van der Waals surface area contributed by atoms with Crippen LogP contribution in [-0.4, -0.2) is 51.7 Å². The Morgan fingerprint density at radius 1 is 1.19 bits per heavy atom. The van der Waals surface area contributed by atoms with Gasteiger partial charge < -0.3 is 25.6 Å². The molecule has 1 heterocycles. The van der Waals surface area contributed by atoms with Crippen molar-refractivity contribution in [3.8, 4) is 16.9 Å². The smallest absolute Gasteiger partial charge is 0.488 e. The van der Waals surface area contributed by atoms with E-state index in [9.17, 15) is 23.2 Å². The maximum atomic E-state index is 13.2. The first-order valence-electron chi connectivity index (χ1n) is 9.40. The molecule has 1 aliphatic carbocycles. The first-order valence-corrected chi connectivity index (χ1v) is 9.40. The molecule has 0 radical (unpaired) electrons. The summed E-state index contributed by atoms with van der Waals surface area (Å²) in [5.74, 6) is 0.209. The Kier molecular flexibility index (Phi) is 6.56. The number of nitrogen functional groups attached to an aromatic ring is 1. The predicted octanol–water partition coefficient (Wildman–Crippen LogP) is 1.98. The first-order chi connectivity index (χ1) is 15.1. The van der Waals surface area contributed by atoms with Crippen molar-refractivity contribution in [2.45, 2.75) is 19.0 Å². The van der Waals surface area contributed by atoms with Gasteiger partial charge in [0.2, 0.25) is 0 Å². The second-order valence-corrected chi connectivity index (χ2v) is 7.33. The number of rotatable bonds is 5. The highest BCUT2D eigenvalue weighted by molar-refractivity contribution is 6.58. The Morgan fingerprint density at radius 3 is 2.47 bits per heavy atom. The van der Waals surface area contributed by atoms with E-state index in [-0.39, 0.29) is 30.5 Å². The molecule has 4 rings (SSSR count). The van der Waals surface area contributed by atoms with Crippen molar-refractivity contribution >= 4 is 35.6 Å². The van der Waals surface area contributed by atoms with Crippen molar-refractivity contribution in [2.75, 3.05) is 12.3 Å². The van der Waals surface area contributed by atoms with Crippen molar-refractivity contribution in [2.24, 2.45) is 5.41 Å². The van der Waals surface area contributed by atoms with Crippen LogP contribution in [0.25, 0.3) is 22.0 Å². The minimum Gasteiger partial charge on any atom is -0.492 e. The van der Waals surface area contributed by atoms with Crippen LogP contribution in [0.3, 0.4) is 0 Å². The van der Waals surface area contributed by atoms with Crippen molar-refractivity contribution in [1.82, 2.24) is 10.2 Å². The van der Waals surface area contributed by atoms with Gasteiger partial charge in [-0.1, -0.05) is 18.2 Å². The van der Waals surface area contributed by atoms with Gasteiger partial charge in [0.1, 0.15) is 17.8 Å². The summed E-state index contributed by atoms with van der Waals surface area (Å²) in [7, 11) is -1.73. The summed E-state index contributed by atoms with van der Waals surface area (Å²) < 4.78 is 45.3. The van der Waals surface area contributed by atoms with Gasteiger partial charge in [-0.25, -0.2) is 0 Å². The average molecular weight is 449 g/mol. The number of alkyl halides is 3. The fraction of sp³-hybridized carbons (Fsp3) is 0.250. The number of anilines is 1. The van der Waals surface area contributed by atoms with Crippen LogP contribution in [0.5, 0.6) is 5.75 Å². The molecular weight excluding hydrogens is 430 g/mol. The molecule has 1 saturated carbocycles.